The zero-order valence-electron chi connectivity index (χ0n) is 6.02. The molecule has 0 aromatic heterocycles. The fourth-order valence-electron chi connectivity index (χ4n) is 0.129. The van der Waals surface area contributed by atoms with Crippen molar-refractivity contribution in [1.82, 2.24) is 0 Å². The molecule has 0 rings (SSSR count). The van der Waals surface area contributed by atoms with Gasteiger partial charge >= 0.3 is 0 Å². The van der Waals surface area contributed by atoms with Crippen LogP contribution in [0, 0.1) is 12.5 Å². The summed E-state index contributed by atoms with van der Waals surface area (Å²) in [6.07, 6.45) is 0. The molecular weight excluding hydrogens is 98.1 g/mol. The summed E-state index contributed by atoms with van der Waals surface area (Å²) >= 11 is 0. The minimum Gasteiger partial charge on any atom is -0.311 e. The molecule has 0 fully saturated rings. The van der Waals surface area contributed by atoms with Crippen molar-refractivity contribution in [3.8, 4) is 0 Å². The number of hydrogen-bond donors (Lipinski definition) is 0. The molecule has 0 radical (unpaired) electrons. The average molecular weight is 111 g/mol. The molecule has 0 N–H and O–H groups in total. The van der Waals surface area contributed by atoms with Gasteiger partial charge < -0.3 is 4.85 Å². The Kier molecular flexibility index (Phi) is 2.03. The van der Waals surface area contributed by atoms with Crippen molar-refractivity contribution in [1.29, 1.82) is 0 Å². The molecule has 0 atom stereocenters. The highest BCUT2D eigenvalue weighted by Crippen LogP contribution is 2.19. The molecule has 0 heterocycles. The molecule has 0 saturated heterocycles. The SMILES string of the molecule is [C-]#[N+]C(C)(C)C(C)C. The van der Waals surface area contributed by atoms with Crippen molar-refractivity contribution in [3.05, 3.63) is 11.4 Å². The van der Waals surface area contributed by atoms with Crippen LogP contribution in [-0.4, -0.2) is 5.54 Å². The molecule has 1 heteroatoms. The third kappa shape index (κ3) is 1.54. The predicted octanol–water partition coefficient (Wildman–Crippen LogP) is 2.34. The maximum absolute atomic E-state index is 6.76. The summed E-state index contributed by atoms with van der Waals surface area (Å²) in [5.41, 5.74) is -0.167. The topological polar surface area (TPSA) is 4.36 Å². The third-order valence-electron chi connectivity index (χ3n) is 1.70. The van der Waals surface area contributed by atoms with Crippen LogP contribution in [0.2, 0.25) is 0 Å². The Bertz CT molecular complexity index is 106. The summed E-state index contributed by atoms with van der Waals surface area (Å²) in [4.78, 5) is 3.47. The van der Waals surface area contributed by atoms with Gasteiger partial charge in [-0.2, -0.15) is 0 Å². The van der Waals surface area contributed by atoms with Gasteiger partial charge in [0.15, 0.2) is 0 Å². The van der Waals surface area contributed by atoms with Crippen molar-refractivity contribution < 1.29 is 0 Å². The fraction of sp³-hybridized carbons (Fsp3) is 0.857. The summed E-state index contributed by atoms with van der Waals surface area (Å²) < 4.78 is 0. The van der Waals surface area contributed by atoms with E-state index in [1.165, 1.54) is 0 Å². The standard InChI is InChI=1S/C7H13N/c1-6(2)7(3,4)8-5/h6H,1-4H3. The van der Waals surface area contributed by atoms with Gasteiger partial charge in [-0.1, -0.05) is 13.8 Å². The molecule has 0 aromatic rings. The highest BCUT2D eigenvalue weighted by Gasteiger charge is 2.26. The smallest absolute Gasteiger partial charge is 0.229 e. The summed E-state index contributed by atoms with van der Waals surface area (Å²) in [7, 11) is 0. The molecule has 0 aromatic carbocycles. The first-order chi connectivity index (χ1) is 3.50. The van der Waals surface area contributed by atoms with E-state index in [1.807, 2.05) is 13.8 Å². The van der Waals surface area contributed by atoms with Crippen molar-refractivity contribution >= 4 is 0 Å². The zero-order chi connectivity index (χ0) is 6.78. The van der Waals surface area contributed by atoms with Crippen LogP contribution in [0.15, 0.2) is 0 Å². The number of rotatable bonds is 1. The van der Waals surface area contributed by atoms with Gasteiger partial charge in [-0.3, -0.25) is 0 Å². The van der Waals surface area contributed by atoms with Gasteiger partial charge in [-0.05, 0) is 0 Å². The van der Waals surface area contributed by atoms with E-state index in [-0.39, 0.29) is 5.54 Å². The van der Waals surface area contributed by atoms with Crippen molar-refractivity contribution in [2.24, 2.45) is 5.92 Å². The van der Waals surface area contributed by atoms with E-state index in [4.69, 9.17) is 6.57 Å². The normalized spacial score (nSPS) is 11.5. The molecule has 0 aliphatic carbocycles. The lowest BCUT2D eigenvalue weighted by Gasteiger charge is -2.14. The van der Waals surface area contributed by atoms with Crippen LogP contribution in [0.1, 0.15) is 27.7 Å². The number of hydrogen-bond acceptors (Lipinski definition) is 0. The Morgan fingerprint density at radius 3 is 1.75 bits per heavy atom. The lowest BCUT2D eigenvalue weighted by atomic mass is 9.92. The highest BCUT2D eigenvalue weighted by atomic mass is 14.8. The first kappa shape index (κ1) is 7.49. The fourth-order valence-corrected chi connectivity index (χ4v) is 0.129. The molecule has 0 aliphatic rings. The molecule has 0 aliphatic heterocycles. The molecule has 0 amide bonds. The summed E-state index contributed by atoms with van der Waals surface area (Å²) in [5.74, 6) is 0.458. The lowest BCUT2D eigenvalue weighted by molar-refractivity contribution is 0.437. The Morgan fingerprint density at radius 1 is 1.38 bits per heavy atom. The van der Waals surface area contributed by atoms with Crippen LogP contribution in [0.4, 0.5) is 0 Å². The quantitative estimate of drug-likeness (QED) is 0.457. The van der Waals surface area contributed by atoms with Gasteiger partial charge in [0.25, 0.3) is 0 Å². The van der Waals surface area contributed by atoms with Crippen LogP contribution >= 0.6 is 0 Å². The van der Waals surface area contributed by atoms with Crippen LogP contribution in [0.25, 0.3) is 4.85 Å². The lowest BCUT2D eigenvalue weighted by Crippen LogP contribution is -2.21. The van der Waals surface area contributed by atoms with Gasteiger partial charge in [-0.15, -0.1) is 0 Å². The molecule has 46 valence electrons. The van der Waals surface area contributed by atoms with E-state index in [0.717, 1.165) is 0 Å². The van der Waals surface area contributed by atoms with E-state index >= 15 is 0 Å². The Labute approximate surface area is 51.5 Å². The van der Waals surface area contributed by atoms with E-state index in [1.54, 1.807) is 0 Å². The second-order valence-corrected chi connectivity index (χ2v) is 2.92. The number of nitrogens with zero attached hydrogens (tertiary/aromatic N) is 1. The molecule has 0 bridgehead atoms. The molecule has 0 unspecified atom stereocenters. The molecule has 8 heavy (non-hydrogen) atoms. The molecule has 1 nitrogen and oxygen atoms in total. The van der Waals surface area contributed by atoms with Gasteiger partial charge in [-0.25, -0.2) is 6.57 Å². The summed E-state index contributed by atoms with van der Waals surface area (Å²) in [5, 5.41) is 0. The predicted molar refractivity (Wildman–Crippen MR) is 35.5 cm³/mol. The minimum atomic E-state index is -0.167. The molecule has 0 spiro atoms. The molecule has 0 saturated carbocycles. The maximum Gasteiger partial charge on any atom is 0.229 e. The van der Waals surface area contributed by atoms with E-state index in [2.05, 4.69) is 18.7 Å². The monoisotopic (exact) mass is 111 g/mol. The zero-order valence-corrected chi connectivity index (χ0v) is 6.02. The maximum atomic E-state index is 6.76. The van der Waals surface area contributed by atoms with Crippen molar-refractivity contribution in [2.45, 2.75) is 33.2 Å². The largest absolute Gasteiger partial charge is 0.311 e. The molecular formula is C7H13N. The second-order valence-electron chi connectivity index (χ2n) is 2.92. The second kappa shape index (κ2) is 2.17. The van der Waals surface area contributed by atoms with Gasteiger partial charge in [0.05, 0.1) is 0 Å². The van der Waals surface area contributed by atoms with Gasteiger partial charge in [0.1, 0.15) is 0 Å². The Morgan fingerprint density at radius 2 is 1.75 bits per heavy atom. The van der Waals surface area contributed by atoms with Crippen LogP contribution < -0.4 is 0 Å². The Hall–Kier alpha value is -0.510. The first-order valence-electron chi connectivity index (χ1n) is 2.89. The van der Waals surface area contributed by atoms with Crippen LogP contribution in [-0.2, 0) is 0 Å². The van der Waals surface area contributed by atoms with Crippen LogP contribution in [0.3, 0.4) is 0 Å². The van der Waals surface area contributed by atoms with Gasteiger partial charge in [0.2, 0.25) is 5.54 Å². The average Bonchev–Trinajstić information content (AvgIpc) is 1.67. The van der Waals surface area contributed by atoms with Crippen molar-refractivity contribution in [2.75, 3.05) is 0 Å². The summed E-state index contributed by atoms with van der Waals surface area (Å²) in [6, 6.07) is 0. The summed E-state index contributed by atoms with van der Waals surface area (Å²) in [6.45, 7) is 14.8. The van der Waals surface area contributed by atoms with Crippen molar-refractivity contribution in [3.63, 3.8) is 0 Å². The van der Waals surface area contributed by atoms with E-state index in [9.17, 15) is 0 Å². The van der Waals surface area contributed by atoms with E-state index in [0.29, 0.717) is 5.92 Å². The van der Waals surface area contributed by atoms with E-state index < -0.39 is 0 Å². The van der Waals surface area contributed by atoms with Gasteiger partial charge in [0, 0.05) is 19.8 Å². The first-order valence-corrected chi connectivity index (χ1v) is 2.89. The minimum absolute atomic E-state index is 0.167. The van der Waals surface area contributed by atoms with Crippen LogP contribution in [0.5, 0.6) is 0 Å². The highest BCUT2D eigenvalue weighted by molar-refractivity contribution is 4.91. The Balaban J connectivity index is 3.97. The third-order valence-corrected chi connectivity index (χ3v) is 1.70.